The molecule has 8 nitrogen and oxygen atoms in total. The number of benzene rings is 2. The van der Waals surface area contributed by atoms with Crippen molar-refractivity contribution in [1.82, 2.24) is 25.0 Å². The van der Waals surface area contributed by atoms with E-state index in [2.05, 4.69) is 20.3 Å². The first kappa shape index (κ1) is 18.0. The van der Waals surface area contributed by atoms with Crippen molar-refractivity contribution >= 4 is 28.6 Å². The van der Waals surface area contributed by atoms with E-state index < -0.39 is 4.92 Å². The Hall–Kier alpha value is -3.40. The monoisotopic (exact) mass is 396 g/mol. The van der Waals surface area contributed by atoms with Gasteiger partial charge in [0.15, 0.2) is 11.2 Å². The minimum absolute atomic E-state index is 0.0433. The largest absolute Gasteiger partial charge is 0.269 e. The van der Waals surface area contributed by atoms with Crippen LogP contribution in [-0.2, 0) is 12.3 Å². The van der Waals surface area contributed by atoms with Crippen molar-refractivity contribution in [1.29, 1.82) is 0 Å². The Morgan fingerprint density at radius 1 is 1.14 bits per heavy atom. The second kappa shape index (κ2) is 7.69. The van der Waals surface area contributed by atoms with E-state index in [0.717, 1.165) is 5.56 Å². The Labute approximate surface area is 162 Å². The number of nitro benzene ring substituents is 1. The fourth-order valence-corrected chi connectivity index (χ4v) is 3.56. The van der Waals surface area contributed by atoms with Gasteiger partial charge < -0.3 is 0 Å². The first-order valence-electron chi connectivity index (χ1n) is 8.25. The summed E-state index contributed by atoms with van der Waals surface area (Å²) in [4.78, 5) is 19.0. The third-order valence-corrected chi connectivity index (χ3v) is 5.09. The number of halogens is 1. The molecule has 4 rings (SSSR count). The van der Waals surface area contributed by atoms with Gasteiger partial charge in [-0.2, -0.15) is 0 Å². The highest BCUT2D eigenvalue weighted by molar-refractivity contribution is 7.98. The van der Waals surface area contributed by atoms with Crippen LogP contribution in [-0.4, -0.2) is 29.9 Å². The average Bonchev–Trinajstić information content (AvgIpc) is 3.12. The number of aromatic nitrogens is 5. The maximum Gasteiger partial charge on any atom is 0.269 e. The van der Waals surface area contributed by atoms with Gasteiger partial charge in [0.05, 0.1) is 11.5 Å². The summed E-state index contributed by atoms with van der Waals surface area (Å²) < 4.78 is 15.4. The van der Waals surface area contributed by atoms with Crippen molar-refractivity contribution in [2.24, 2.45) is 0 Å². The summed E-state index contributed by atoms with van der Waals surface area (Å²) in [5.41, 5.74) is 2.33. The zero-order chi connectivity index (χ0) is 19.5. The molecule has 0 saturated heterocycles. The third kappa shape index (κ3) is 3.67. The molecule has 28 heavy (non-hydrogen) atoms. The number of hydrogen-bond acceptors (Lipinski definition) is 7. The molecule has 140 valence electrons. The lowest BCUT2D eigenvalue weighted by Gasteiger charge is -2.04. The van der Waals surface area contributed by atoms with Gasteiger partial charge in [0.25, 0.3) is 5.69 Å². The Morgan fingerprint density at radius 2 is 2.00 bits per heavy atom. The van der Waals surface area contributed by atoms with E-state index in [9.17, 15) is 14.5 Å². The molecule has 0 amide bonds. The minimum Gasteiger partial charge on any atom is -0.258 e. The van der Waals surface area contributed by atoms with Crippen molar-refractivity contribution < 1.29 is 9.31 Å². The van der Waals surface area contributed by atoms with Crippen LogP contribution in [0, 0.1) is 15.9 Å². The second-order valence-electron chi connectivity index (χ2n) is 5.91. The van der Waals surface area contributed by atoms with Crippen molar-refractivity contribution in [3.8, 4) is 0 Å². The maximum atomic E-state index is 13.9. The van der Waals surface area contributed by atoms with Crippen LogP contribution in [0.5, 0.6) is 0 Å². The number of nitro groups is 1. The van der Waals surface area contributed by atoms with E-state index in [4.69, 9.17) is 0 Å². The minimum atomic E-state index is -0.425. The predicted octanol–water partition coefficient (Wildman–Crippen LogP) is 3.61. The molecule has 2 heterocycles. The molecule has 4 aromatic rings. The molecule has 0 fully saturated rings. The molecule has 0 atom stereocenters. The van der Waals surface area contributed by atoms with Crippen molar-refractivity contribution in [3.05, 3.63) is 81.9 Å². The molecule has 0 N–H and O–H groups in total. The van der Waals surface area contributed by atoms with Crippen LogP contribution >= 0.6 is 11.8 Å². The molecule has 0 radical (unpaired) electrons. The van der Waals surface area contributed by atoms with E-state index in [1.54, 1.807) is 24.3 Å². The number of nitrogens with zero attached hydrogens (tertiary/aromatic N) is 6. The van der Waals surface area contributed by atoms with E-state index in [-0.39, 0.29) is 18.0 Å². The highest BCUT2D eigenvalue weighted by Crippen LogP contribution is 2.27. The van der Waals surface area contributed by atoms with E-state index in [1.165, 1.54) is 41.0 Å². The Morgan fingerprint density at radius 3 is 2.82 bits per heavy atom. The summed E-state index contributed by atoms with van der Waals surface area (Å²) in [5.74, 6) is 0.161. The first-order valence-corrected chi connectivity index (χ1v) is 9.24. The van der Waals surface area contributed by atoms with Gasteiger partial charge in [-0.15, -0.1) is 5.10 Å². The topological polar surface area (TPSA) is 99.6 Å². The Bertz CT molecular complexity index is 1170. The smallest absolute Gasteiger partial charge is 0.258 e. The molecular weight excluding hydrogens is 383 g/mol. The molecule has 0 aliphatic carbocycles. The molecule has 0 aliphatic heterocycles. The number of hydrogen-bond donors (Lipinski definition) is 0. The highest BCUT2D eigenvalue weighted by Gasteiger charge is 2.14. The fourth-order valence-electron chi connectivity index (χ4n) is 2.68. The lowest BCUT2D eigenvalue weighted by Crippen LogP contribution is -2.04. The van der Waals surface area contributed by atoms with Crippen molar-refractivity contribution in [3.63, 3.8) is 0 Å². The van der Waals surface area contributed by atoms with Crippen molar-refractivity contribution in [2.45, 2.75) is 17.3 Å². The lowest BCUT2D eigenvalue weighted by molar-refractivity contribution is -0.384. The van der Waals surface area contributed by atoms with Gasteiger partial charge in [0.2, 0.25) is 0 Å². The molecule has 0 bridgehead atoms. The Kier molecular flexibility index (Phi) is 4.94. The predicted molar refractivity (Wildman–Crippen MR) is 101 cm³/mol. The molecule has 10 heteroatoms. The molecule has 2 aromatic carbocycles. The standard InChI is InChI=1S/C18H13FN6O2S/c19-15-7-2-1-5-13(15)9-24-17-16(22-23-24)18(21-11-20-17)28-10-12-4-3-6-14(8-12)25(26)27/h1-8,11H,9-10H2. The van der Waals surface area contributed by atoms with E-state index >= 15 is 0 Å². The van der Waals surface area contributed by atoms with Crippen LogP contribution in [0.1, 0.15) is 11.1 Å². The van der Waals surface area contributed by atoms with E-state index in [1.807, 2.05) is 6.07 Å². The molecule has 0 spiro atoms. The van der Waals surface area contributed by atoms with Gasteiger partial charge in [0.1, 0.15) is 17.2 Å². The molecule has 0 saturated carbocycles. The maximum absolute atomic E-state index is 13.9. The van der Waals surface area contributed by atoms with Gasteiger partial charge >= 0.3 is 0 Å². The summed E-state index contributed by atoms with van der Waals surface area (Å²) in [6.07, 6.45) is 1.40. The first-order chi connectivity index (χ1) is 13.6. The zero-order valence-corrected chi connectivity index (χ0v) is 15.2. The number of non-ortho nitro benzene ring substituents is 1. The summed E-state index contributed by atoms with van der Waals surface area (Å²) >= 11 is 1.38. The van der Waals surface area contributed by atoms with Crippen LogP contribution in [0.25, 0.3) is 11.2 Å². The Balaban J connectivity index is 1.57. The highest BCUT2D eigenvalue weighted by atomic mass is 32.2. The van der Waals surface area contributed by atoms with Crippen LogP contribution in [0.15, 0.2) is 59.9 Å². The second-order valence-corrected chi connectivity index (χ2v) is 6.87. The molecule has 2 aromatic heterocycles. The normalized spacial score (nSPS) is 11.0. The fraction of sp³-hybridized carbons (Fsp3) is 0.111. The van der Waals surface area contributed by atoms with Crippen LogP contribution in [0.4, 0.5) is 10.1 Å². The summed E-state index contributed by atoms with van der Waals surface area (Å²) in [6.45, 7) is 0.204. The van der Waals surface area contributed by atoms with Gasteiger partial charge in [0, 0.05) is 23.4 Å². The molecular formula is C18H13FN6O2S. The van der Waals surface area contributed by atoms with Gasteiger partial charge in [-0.25, -0.2) is 19.0 Å². The van der Waals surface area contributed by atoms with Gasteiger partial charge in [-0.3, -0.25) is 10.1 Å². The van der Waals surface area contributed by atoms with Gasteiger partial charge in [-0.05, 0) is 11.6 Å². The van der Waals surface area contributed by atoms with Crippen LogP contribution < -0.4 is 0 Å². The zero-order valence-electron chi connectivity index (χ0n) is 14.4. The van der Waals surface area contributed by atoms with Crippen LogP contribution in [0.3, 0.4) is 0 Å². The number of fused-ring (bicyclic) bond motifs is 1. The summed E-state index contributed by atoms with van der Waals surface area (Å²) in [7, 11) is 0. The van der Waals surface area contributed by atoms with Crippen LogP contribution in [0.2, 0.25) is 0 Å². The third-order valence-electron chi connectivity index (χ3n) is 4.04. The van der Waals surface area contributed by atoms with Gasteiger partial charge in [-0.1, -0.05) is 47.3 Å². The van der Waals surface area contributed by atoms with E-state index in [0.29, 0.717) is 27.5 Å². The summed E-state index contributed by atoms with van der Waals surface area (Å²) in [6, 6.07) is 12.9. The lowest BCUT2D eigenvalue weighted by atomic mass is 10.2. The molecule has 0 unspecified atom stereocenters. The number of thioether (sulfide) groups is 1. The van der Waals surface area contributed by atoms with Crippen molar-refractivity contribution in [2.75, 3.05) is 0 Å². The average molecular weight is 396 g/mol. The SMILES string of the molecule is O=[N+]([O-])c1cccc(CSc2ncnc3c2nnn3Cc2ccccc2F)c1. The quantitative estimate of drug-likeness (QED) is 0.212. The molecule has 0 aliphatic rings. The summed E-state index contributed by atoms with van der Waals surface area (Å²) in [5, 5.41) is 19.7. The number of rotatable bonds is 6.